The summed E-state index contributed by atoms with van der Waals surface area (Å²) in [5.74, 6) is -0.0676. The number of aromatic amines is 2. The molecule has 0 aliphatic carbocycles. The molecule has 10 nitrogen and oxygen atoms in total. The molecular formula is C19H20N8O2. The largest absolute Gasteiger partial charge is 0.366 e. The Hall–Kier alpha value is -4.05. The Kier molecular flexibility index (Phi) is 6.28. The summed E-state index contributed by atoms with van der Waals surface area (Å²) < 4.78 is 0. The number of hydrogen-bond donors (Lipinski definition) is 5. The number of aromatic nitrogens is 5. The highest BCUT2D eigenvalue weighted by atomic mass is 16.1. The van der Waals surface area contributed by atoms with Crippen molar-refractivity contribution in [1.29, 1.82) is 0 Å². The number of anilines is 1. The number of nitrogens with one attached hydrogen (secondary N) is 3. The summed E-state index contributed by atoms with van der Waals surface area (Å²) >= 11 is 0. The monoisotopic (exact) mass is 392 g/mol. The number of pyridine rings is 1. The van der Waals surface area contributed by atoms with Crippen LogP contribution < -0.4 is 22.3 Å². The molecular weight excluding hydrogens is 372 g/mol. The van der Waals surface area contributed by atoms with Crippen molar-refractivity contribution in [1.82, 2.24) is 24.9 Å². The first-order chi connectivity index (χ1) is 14.1. The number of primary amides is 1. The van der Waals surface area contributed by atoms with E-state index < -0.39 is 5.91 Å². The van der Waals surface area contributed by atoms with Gasteiger partial charge in [-0.25, -0.2) is 4.98 Å². The van der Waals surface area contributed by atoms with Gasteiger partial charge in [0.2, 0.25) is 5.95 Å². The van der Waals surface area contributed by atoms with Gasteiger partial charge in [0.1, 0.15) is 0 Å². The highest BCUT2D eigenvalue weighted by molar-refractivity contribution is 5.93. The maximum Gasteiger partial charge on any atom is 0.278 e. The molecule has 1 aromatic carbocycles. The van der Waals surface area contributed by atoms with Crippen LogP contribution in [0.1, 0.15) is 21.6 Å². The summed E-state index contributed by atoms with van der Waals surface area (Å²) in [5, 5.41) is 3.06. The van der Waals surface area contributed by atoms with Gasteiger partial charge in [0, 0.05) is 19.3 Å². The Bertz CT molecular complexity index is 1150. The molecule has 0 atom stereocenters. The average molecular weight is 392 g/mol. The van der Waals surface area contributed by atoms with E-state index in [1.165, 1.54) is 6.33 Å². The summed E-state index contributed by atoms with van der Waals surface area (Å²) in [4.78, 5) is 39.8. The van der Waals surface area contributed by atoms with Gasteiger partial charge in [-0.1, -0.05) is 30.3 Å². The Morgan fingerprint density at radius 1 is 1.10 bits per heavy atom. The molecule has 0 spiro atoms. The predicted molar refractivity (Wildman–Crippen MR) is 109 cm³/mol. The van der Waals surface area contributed by atoms with Gasteiger partial charge in [0.05, 0.1) is 17.6 Å². The van der Waals surface area contributed by atoms with Gasteiger partial charge in [-0.3, -0.25) is 19.6 Å². The summed E-state index contributed by atoms with van der Waals surface area (Å²) in [6.45, 7) is 0.832. The van der Waals surface area contributed by atoms with Gasteiger partial charge in [-0.15, -0.1) is 0 Å². The second kappa shape index (κ2) is 9.24. The van der Waals surface area contributed by atoms with Gasteiger partial charge in [0.15, 0.2) is 11.2 Å². The molecule has 10 heteroatoms. The lowest BCUT2D eigenvalue weighted by molar-refractivity contribution is 0.0999. The van der Waals surface area contributed by atoms with Crippen LogP contribution in [-0.4, -0.2) is 30.8 Å². The van der Waals surface area contributed by atoms with E-state index in [1.807, 2.05) is 30.3 Å². The van der Waals surface area contributed by atoms with Crippen molar-refractivity contribution in [3.63, 3.8) is 0 Å². The van der Waals surface area contributed by atoms with Gasteiger partial charge >= 0.3 is 0 Å². The second-order valence-corrected chi connectivity index (χ2v) is 5.92. The molecule has 7 N–H and O–H groups in total. The fourth-order valence-corrected chi connectivity index (χ4v) is 2.53. The molecule has 4 rings (SSSR count). The molecule has 0 unspecified atom stereocenters. The molecule has 0 bridgehead atoms. The number of amides is 1. The molecule has 3 heterocycles. The molecule has 29 heavy (non-hydrogen) atoms. The van der Waals surface area contributed by atoms with E-state index in [2.05, 4.69) is 30.2 Å². The summed E-state index contributed by atoms with van der Waals surface area (Å²) in [6, 6.07) is 13.1. The van der Waals surface area contributed by atoms with Gasteiger partial charge in [-0.2, -0.15) is 4.98 Å². The van der Waals surface area contributed by atoms with E-state index in [1.54, 1.807) is 18.3 Å². The highest BCUT2D eigenvalue weighted by Gasteiger charge is 2.06. The number of H-pyrrole nitrogens is 2. The van der Waals surface area contributed by atoms with E-state index in [0.29, 0.717) is 34.9 Å². The topological polar surface area (TPSA) is 168 Å². The molecule has 0 aliphatic heterocycles. The number of fused-ring (bicyclic) bond motifs is 1. The van der Waals surface area contributed by atoms with Crippen molar-refractivity contribution in [3.8, 4) is 0 Å². The first kappa shape index (κ1) is 19.7. The highest BCUT2D eigenvalue weighted by Crippen LogP contribution is 2.05. The van der Waals surface area contributed by atoms with Gasteiger partial charge < -0.3 is 21.8 Å². The normalized spacial score (nSPS) is 10.2. The third-order valence-corrected chi connectivity index (χ3v) is 3.95. The fourth-order valence-electron chi connectivity index (χ4n) is 2.53. The third kappa shape index (κ3) is 5.02. The van der Waals surface area contributed by atoms with Crippen molar-refractivity contribution in [2.24, 2.45) is 11.5 Å². The standard InChI is InChI=1S/C12H11N5O.C7H9N3O/c18-11-9-10(15-7-14-9)16-12(17-11)13-6-8-4-2-1-3-5-8;8-4-6-5(7(9)11)2-1-3-10-6/h1-5,7H,6H2,(H3,13,14,15,16,17,18);1-3H,4,8H2,(H2,9,11). The molecule has 4 aromatic rings. The maximum absolute atomic E-state index is 11.7. The summed E-state index contributed by atoms with van der Waals surface area (Å²) in [5.41, 5.74) is 13.0. The van der Waals surface area contributed by atoms with E-state index in [9.17, 15) is 9.59 Å². The van der Waals surface area contributed by atoms with Gasteiger partial charge in [-0.05, 0) is 17.7 Å². The van der Waals surface area contributed by atoms with Crippen LogP contribution in [0.5, 0.6) is 0 Å². The minimum atomic E-state index is -0.487. The smallest absolute Gasteiger partial charge is 0.278 e. The van der Waals surface area contributed by atoms with Crippen molar-refractivity contribution in [2.75, 3.05) is 5.32 Å². The Labute approximate surface area is 165 Å². The predicted octanol–water partition coefficient (Wildman–Crippen LogP) is 0.898. The van der Waals surface area contributed by atoms with Crippen molar-refractivity contribution in [2.45, 2.75) is 13.1 Å². The lowest BCUT2D eigenvalue weighted by Gasteiger charge is -2.04. The van der Waals surface area contributed by atoms with Gasteiger partial charge in [0.25, 0.3) is 11.5 Å². The Morgan fingerprint density at radius 3 is 2.59 bits per heavy atom. The maximum atomic E-state index is 11.7. The Morgan fingerprint density at radius 2 is 1.90 bits per heavy atom. The zero-order valence-electron chi connectivity index (χ0n) is 15.4. The van der Waals surface area contributed by atoms with Crippen LogP contribution in [0.3, 0.4) is 0 Å². The second-order valence-electron chi connectivity index (χ2n) is 5.92. The lowest BCUT2D eigenvalue weighted by atomic mass is 10.2. The molecule has 3 aromatic heterocycles. The molecule has 0 radical (unpaired) electrons. The van der Waals surface area contributed by atoms with Crippen LogP contribution in [-0.2, 0) is 13.1 Å². The minimum absolute atomic E-state index is 0.229. The number of carbonyl (C=O) groups is 1. The van der Waals surface area contributed by atoms with Crippen LogP contribution in [0.2, 0.25) is 0 Å². The average Bonchev–Trinajstić information content (AvgIpc) is 3.23. The fraction of sp³-hybridized carbons (Fsp3) is 0.105. The zero-order valence-corrected chi connectivity index (χ0v) is 15.4. The number of benzene rings is 1. The number of nitrogens with zero attached hydrogens (tertiary/aromatic N) is 3. The lowest BCUT2D eigenvalue weighted by Crippen LogP contribution is -2.16. The van der Waals surface area contributed by atoms with E-state index in [-0.39, 0.29) is 12.1 Å². The van der Waals surface area contributed by atoms with E-state index >= 15 is 0 Å². The summed E-state index contributed by atoms with van der Waals surface area (Å²) in [6.07, 6.45) is 3.03. The van der Waals surface area contributed by atoms with E-state index in [4.69, 9.17) is 11.5 Å². The quantitative estimate of drug-likeness (QED) is 0.336. The SMILES string of the molecule is NCc1ncccc1C(N)=O.O=c1[nH]c(NCc2ccccc2)nc2nc[nH]c12. The van der Waals surface area contributed by atoms with Crippen LogP contribution in [0.4, 0.5) is 5.95 Å². The van der Waals surface area contributed by atoms with Crippen LogP contribution in [0.25, 0.3) is 11.2 Å². The number of imidazole rings is 1. The van der Waals surface area contributed by atoms with Crippen molar-refractivity contribution in [3.05, 3.63) is 82.2 Å². The number of hydrogen-bond acceptors (Lipinski definition) is 7. The van der Waals surface area contributed by atoms with Crippen LogP contribution in [0.15, 0.2) is 59.8 Å². The molecule has 0 aliphatic rings. The number of rotatable bonds is 5. The first-order valence-electron chi connectivity index (χ1n) is 8.73. The van der Waals surface area contributed by atoms with Crippen molar-refractivity contribution >= 4 is 23.0 Å². The van der Waals surface area contributed by atoms with Crippen molar-refractivity contribution < 1.29 is 4.79 Å². The first-order valence-corrected chi connectivity index (χ1v) is 8.73. The molecule has 0 saturated carbocycles. The molecule has 148 valence electrons. The molecule has 1 amide bonds. The minimum Gasteiger partial charge on any atom is -0.366 e. The van der Waals surface area contributed by atoms with E-state index in [0.717, 1.165) is 5.56 Å². The number of nitrogens with two attached hydrogens (primary N) is 2. The summed E-state index contributed by atoms with van der Waals surface area (Å²) in [7, 11) is 0. The van der Waals surface area contributed by atoms with Crippen LogP contribution in [0, 0.1) is 0 Å². The zero-order chi connectivity index (χ0) is 20.6. The third-order valence-electron chi connectivity index (χ3n) is 3.95. The number of carbonyl (C=O) groups excluding carboxylic acids is 1. The Balaban J connectivity index is 0.000000188. The molecule has 0 fully saturated rings. The van der Waals surface area contributed by atoms with Crippen LogP contribution >= 0.6 is 0 Å². The molecule has 0 saturated heterocycles.